The molecule has 0 aliphatic carbocycles. The fraction of sp³-hybridized carbons (Fsp3) is 0.333. The van der Waals surface area contributed by atoms with Crippen molar-refractivity contribution in [3.05, 3.63) is 36.0 Å². The predicted octanol–water partition coefficient (Wildman–Crippen LogP) is 2.27. The SMILES string of the molecule is [2H]C(c1c[nH]c2ccccc12)C([2H])([2H])N(C([2H])([2H])[2H])C([2H])([2H])[2H]. The number of hydrogen-bond acceptors (Lipinski definition) is 1. The lowest BCUT2D eigenvalue weighted by Crippen LogP contribution is -2.14. The van der Waals surface area contributed by atoms with Crippen LogP contribution in [0.5, 0.6) is 0 Å². The highest BCUT2D eigenvalue weighted by Gasteiger charge is 2.02. The number of aromatic nitrogens is 1. The standard InChI is InChI=1S/C12H16N2/c1-14(2)8-7-10-9-13-12-6-4-3-5-11(10)12/h3-6,9,13H,7-8H2,1-2H3/i1D3,2D3,7D,8D2. The molecule has 2 rings (SSSR count). The fourth-order valence-electron chi connectivity index (χ4n) is 1.35. The van der Waals surface area contributed by atoms with Crippen LogP contribution in [0, 0.1) is 0 Å². The van der Waals surface area contributed by atoms with Crippen molar-refractivity contribution in [1.29, 1.82) is 0 Å². The number of benzene rings is 1. The summed E-state index contributed by atoms with van der Waals surface area (Å²) in [5.41, 5.74) is 0.856. The van der Waals surface area contributed by atoms with E-state index in [0.29, 0.717) is 10.9 Å². The number of hydrogen-bond donors (Lipinski definition) is 1. The van der Waals surface area contributed by atoms with Gasteiger partial charge < -0.3 is 9.88 Å². The first-order valence-corrected chi connectivity index (χ1v) is 4.15. The Morgan fingerprint density at radius 3 is 3.14 bits per heavy atom. The average Bonchev–Trinajstić information content (AvgIpc) is 2.77. The summed E-state index contributed by atoms with van der Waals surface area (Å²) >= 11 is 0. The van der Waals surface area contributed by atoms with Crippen LogP contribution in [-0.2, 0) is 6.40 Å². The van der Waals surface area contributed by atoms with E-state index in [0.717, 1.165) is 0 Å². The molecule has 0 saturated carbocycles. The summed E-state index contributed by atoms with van der Waals surface area (Å²) in [7, 11) is 0. The van der Waals surface area contributed by atoms with Crippen LogP contribution in [0.15, 0.2) is 30.5 Å². The largest absolute Gasteiger partial charge is 0.361 e. The van der Waals surface area contributed by atoms with Crippen molar-refractivity contribution in [3.63, 3.8) is 0 Å². The van der Waals surface area contributed by atoms with Crippen LogP contribution < -0.4 is 0 Å². The number of nitrogens with zero attached hydrogens (tertiary/aromatic N) is 1. The first-order chi connectivity index (χ1) is 10.4. The number of fused-ring (bicyclic) bond motifs is 1. The van der Waals surface area contributed by atoms with Crippen molar-refractivity contribution in [1.82, 2.24) is 9.88 Å². The number of rotatable bonds is 3. The van der Waals surface area contributed by atoms with E-state index in [1.54, 1.807) is 24.3 Å². The van der Waals surface area contributed by atoms with Gasteiger partial charge in [0, 0.05) is 35.9 Å². The lowest BCUT2D eigenvalue weighted by atomic mass is 10.1. The van der Waals surface area contributed by atoms with Gasteiger partial charge in [0.05, 0.1) is 0 Å². The van der Waals surface area contributed by atoms with Crippen LogP contribution >= 0.6 is 0 Å². The van der Waals surface area contributed by atoms with Gasteiger partial charge in [0.15, 0.2) is 0 Å². The fourth-order valence-corrected chi connectivity index (χ4v) is 1.35. The molecule has 1 N–H and O–H groups in total. The number of aryl methyl sites for hydroxylation is 1. The Kier molecular flexibility index (Phi) is 0.929. The minimum Gasteiger partial charge on any atom is -0.361 e. The van der Waals surface area contributed by atoms with Crippen molar-refractivity contribution < 1.29 is 12.3 Å². The molecule has 0 saturated heterocycles. The summed E-state index contributed by atoms with van der Waals surface area (Å²) in [5.74, 6) is 0. The summed E-state index contributed by atoms with van der Waals surface area (Å²) in [6.45, 7) is -9.35. The Labute approximate surface area is 97.2 Å². The van der Waals surface area contributed by atoms with Gasteiger partial charge >= 0.3 is 0 Å². The van der Waals surface area contributed by atoms with Crippen molar-refractivity contribution in [2.75, 3.05) is 20.4 Å². The first-order valence-electron chi connectivity index (χ1n) is 8.73. The second-order valence-electron chi connectivity index (χ2n) is 2.90. The molecule has 0 spiro atoms. The van der Waals surface area contributed by atoms with Gasteiger partial charge in [-0.2, -0.15) is 0 Å². The van der Waals surface area contributed by atoms with Crippen molar-refractivity contribution in [2.45, 2.75) is 6.40 Å². The van der Waals surface area contributed by atoms with E-state index in [4.69, 9.17) is 12.3 Å². The molecule has 14 heavy (non-hydrogen) atoms. The highest BCUT2D eigenvalue weighted by Crippen LogP contribution is 2.17. The maximum Gasteiger partial charge on any atom is 0.0456 e. The van der Waals surface area contributed by atoms with Gasteiger partial charge in [0.25, 0.3) is 0 Å². The lowest BCUT2D eigenvalue weighted by Gasteiger charge is -2.07. The number of H-pyrrole nitrogens is 1. The van der Waals surface area contributed by atoms with Crippen LogP contribution in [0.2, 0.25) is 0 Å². The quantitative estimate of drug-likeness (QED) is 0.799. The molecule has 1 aromatic carbocycles. The van der Waals surface area contributed by atoms with Gasteiger partial charge in [0.2, 0.25) is 0 Å². The monoisotopic (exact) mass is 197 g/mol. The molecule has 0 bridgehead atoms. The van der Waals surface area contributed by atoms with Crippen LogP contribution in [0.25, 0.3) is 10.9 Å². The summed E-state index contributed by atoms with van der Waals surface area (Å²) < 4.78 is 68.3. The summed E-state index contributed by atoms with van der Waals surface area (Å²) in [6, 6.07) is 6.85. The molecule has 1 heterocycles. The van der Waals surface area contributed by atoms with Crippen LogP contribution in [0.1, 0.15) is 17.9 Å². The van der Waals surface area contributed by atoms with E-state index in [2.05, 4.69) is 4.98 Å². The zero-order valence-electron chi connectivity index (χ0n) is 16.4. The minimum absolute atomic E-state index is 0.188. The van der Waals surface area contributed by atoms with E-state index in [-0.39, 0.29) is 10.5 Å². The summed E-state index contributed by atoms with van der Waals surface area (Å²) in [4.78, 5) is 2.68. The molecule has 2 nitrogen and oxygen atoms in total. The third-order valence-corrected chi connectivity index (χ3v) is 1.97. The summed E-state index contributed by atoms with van der Waals surface area (Å²) in [5, 5.41) is 0.549. The molecule has 2 aromatic rings. The number of aromatic amines is 1. The third-order valence-electron chi connectivity index (χ3n) is 1.97. The Morgan fingerprint density at radius 1 is 1.43 bits per heavy atom. The smallest absolute Gasteiger partial charge is 0.0456 e. The van der Waals surface area contributed by atoms with Crippen LogP contribution in [0.3, 0.4) is 0 Å². The van der Waals surface area contributed by atoms with E-state index in [9.17, 15) is 0 Å². The van der Waals surface area contributed by atoms with Gasteiger partial charge in [-0.15, -0.1) is 0 Å². The molecule has 1 unspecified atom stereocenters. The third kappa shape index (κ3) is 1.80. The van der Waals surface area contributed by atoms with Gasteiger partial charge in [-0.3, -0.25) is 0 Å². The Balaban J connectivity index is 2.52. The second-order valence-corrected chi connectivity index (χ2v) is 2.90. The Hall–Kier alpha value is -1.28. The Morgan fingerprint density at radius 2 is 2.29 bits per heavy atom. The molecule has 0 amide bonds. The molecule has 2 heteroatoms. The number of para-hydroxylation sites is 1. The molecule has 0 aliphatic heterocycles. The van der Waals surface area contributed by atoms with Gasteiger partial charge in [0.1, 0.15) is 0 Å². The second kappa shape index (κ2) is 3.84. The highest BCUT2D eigenvalue weighted by atomic mass is 15.0. The van der Waals surface area contributed by atoms with Crippen molar-refractivity contribution in [2.24, 2.45) is 0 Å². The maximum absolute atomic E-state index is 8.17. The zero-order valence-corrected chi connectivity index (χ0v) is 7.41. The van der Waals surface area contributed by atoms with Crippen molar-refractivity contribution in [3.8, 4) is 0 Å². The van der Waals surface area contributed by atoms with E-state index < -0.39 is 26.8 Å². The zero-order chi connectivity index (χ0) is 17.6. The molecule has 1 atom stereocenters. The van der Waals surface area contributed by atoms with Gasteiger partial charge in [-0.25, -0.2) is 0 Å². The first kappa shape index (κ1) is 3.38. The molecule has 0 aliphatic rings. The minimum atomic E-state index is -3.21. The predicted molar refractivity (Wildman–Crippen MR) is 60.6 cm³/mol. The maximum atomic E-state index is 8.17. The molecule has 74 valence electrons. The number of nitrogens with one attached hydrogen (secondary N) is 1. The Bertz CT molecular complexity index is 672. The van der Waals surface area contributed by atoms with E-state index in [1.165, 1.54) is 6.20 Å². The molecular formula is C12H16N2. The van der Waals surface area contributed by atoms with Crippen molar-refractivity contribution >= 4 is 10.9 Å². The topological polar surface area (TPSA) is 19.0 Å². The molecular weight excluding hydrogens is 172 g/mol. The van der Waals surface area contributed by atoms with E-state index in [1.807, 2.05) is 0 Å². The van der Waals surface area contributed by atoms with Gasteiger partial charge in [-0.1, -0.05) is 18.2 Å². The molecule has 0 radical (unpaired) electrons. The number of likely N-dealkylation sites (N-methyl/N-ethyl adjacent to an activating group) is 1. The van der Waals surface area contributed by atoms with Crippen LogP contribution in [0.4, 0.5) is 0 Å². The molecule has 1 aromatic heterocycles. The van der Waals surface area contributed by atoms with Gasteiger partial charge in [-0.05, 0) is 32.0 Å². The van der Waals surface area contributed by atoms with Crippen LogP contribution in [-0.4, -0.2) is 30.3 Å². The lowest BCUT2D eigenvalue weighted by molar-refractivity contribution is 0.414. The summed E-state index contributed by atoms with van der Waals surface area (Å²) in [6.07, 6.45) is -0.323. The molecule has 0 fully saturated rings. The van der Waals surface area contributed by atoms with E-state index >= 15 is 0 Å². The normalized spacial score (nSPS) is 25.9. The average molecular weight is 197 g/mol. The highest BCUT2D eigenvalue weighted by molar-refractivity contribution is 5.83.